The fourth-order valence-electron chi connectivity index (χ4n) is 2.75. The van der Waals surface area contributed by atoms with Gasteiger partial charge >= 0.3 is 5.97 Å². The molecular weight excluding hydrogens is 354 g/mol. The predicted molar refractivity (Wildman–Crippen MR) is 108 cm³/mol. The molecule has 0 spiro atoms. The number of methoxy groups -OCH3 is 1. The monoisotopic (exact) mass is 375 g/mol. The highest BCUT2D eigenvalue weighted by molar-refractivity contribution is 5.92. The largest absolute Gasteiger partial charge is 0.484 e. The van der Waals surface area contributed by atoms with Gasteiger partial charge in [-0.15, -0.1) is 0 Å². The molecule has 0 saturated carbocycles. The third-order valence-electron chi connectivity index (χ3n) is 4.17. The van der Waals surface area contributed by atoms with E-state index < -0.39 is 5.97 Å². The Morgan fingerprint density at radius 1 is 0.857 bits per heavy atom. The van der Waals surface area contributed by atoms with Crippen LogP contribution in [0.25, 0.3) is 0 Å². The Morgan fingerprint density at radius 3 is 2.25 bits per heavy atom. The molecule has 0 unspecified atom stereocenters. The standard InChI is InChI=1S/C23H21NO4/c1-27-23(26)18-11-13-20(14-12-18)28-16-22(25)24-21-10-6-5-9-19(21)15-17-7-3-2-4-8-17/h2-14H,15-16H2,1H3,(H,24,25). The van der Waals surface area contributed by atoms with E-state index in [1.54, 1.807) is 24.3 Å². The number of para-hydroxylation sites is 1. The second-order valence-electron chi connectivity index (χ2n) is 6.17. The maximum atomic E-state index is 12.3. The lowest BCUT2D eigenvalue weighted by molar-refractivity contribution is -0.118. The van der Waals surface area contributed by atoms with Crippen molar-refractivity contribution in [1.82, 2.24) is 0 Å². The minimum absolute atomic E-state index is 0.128. The number of ether oxygens (including phenoxy) is 2. The normalized spacial score (nSPS) is 10.2. The summed E-state index contributed by atoms with van der Waals surface area (Å²) in [5, 5.41) is 2.90. The molecule has 0 fully saturated rings. The van der Waals surface area contributed by atoms with Crippen LogP contribution in [0.15, 0.2) is 78.9 Å². The van der Waals surface area contributed by atoms with E-state index in [4.69, 9.17) is 4.74 Å². The lowest BCUT2D eigenvalue weighted by Gasteiger charge is -2.12. The number of benzene rings is 3. The zero-order valence-corrected chi connectivity index (χ0v) is 15.6. The van der Waals surface area contributed by atoms with Crippen LogP contribution in [0.5, 0.6) is 5.75 Å². The van der Waals surface area contributed by atoms with E-state index in [-0.39, 0.29) is 12.5 Å². The van der Waals surface area contributed by atoms with Crippen molar-refractivity contribution in [2.24, 2.45) is 0 Å². The Bertz CT molecular complexity index is 936. The molecule has 0 aliphatic rings. The van der Waals surface area contributed by atoms with Gasteiger partial charge in [-0.05, 0) is 47.9 Å². The van der Waals surface area contributed by atoms with Crippen LogP contribution < -0.4 is 10.1 Å². The van der Waals surface area contributed by atoms with E-state index in [0.29, 0.717) is 11.3 Å². The minimum Gasteiger partial charge on any atom is -0.484 e. The molecule has 0 aromatic heterocycles. The van der Waals surface area contributed by atoms with Crippen LogP contribution in [0.1, 0.15) is 21.5 Å². The van der Waals surface area contributed by atoms with Crippen LogP contribution >= 0.6 is 0 Å². The van der Waals surface area contributed by atoms with Gasteiger partial charge in [0.2, 0.25) is 0 Å². The predicted octanol–water partition coefficient (Wildman–Crippen LogP) is 4.08. The number of carbonyl (C=O) groups excluding carboxylic acids is 2. The van der Waals surface area contributed by atoms with Gasteiger partial charge in [-0.1, -0.05) is 48.5 Å². The molecule has 142 valence electrons. The molecule has 5 nitrogen and oxygen atoms in total. The minimum atomic E-state index is -0.417. The van der Waals surface area contributed by atoms with Gasteiger partial charge in [0.1, 0.15) is 5.75 Å². The topological polar surface area (TPSA) is 64.6 Å². The smallest absolute Gasteiger partial charge is 0.337 e. The highest BCUT2D eigenvalue weighted by atomic mass is 16.5. The molecule has 0 atom stereocenters. The molecule has 0 aliphatic heterocycles. The van der Waals surface area contributed by atoms with Gasteiger partial charge in [0.25, 0.3) is 5.91 Å². The average molecular weight is 375 g/mol. The molecule has 0 bridgehead atoms. The van der Waals surface area contributed by atoms with E-state index in [1.807, 2.05) is 42.5 Å². The quantitative estimate of drug-likeness (QED) is 0.632. The summed E-state index contributed by atoms with van der Waals surface area (Å²) in [5.41, 5.74) is 3.39. The van der Waals surface area contributed by atoms with Gasteiger partial charge in [-0.25, -0.2) is 4.79 Å². The molecule has 0 aliphatic carbocycles. The van der Waals surface area contributed by atoms with E-state index in [1.165, 1.54) is 12.7 Å². The van der Waals surface area contributed by atoms with Crippen LogP contribution in [0.4, 0.5) is 5.69 Å². The van der Waals surface area contributed by atoms with E-state index in [2.05, 4.69) is 22.2 Å². The number of anilines is 1. The Labute approximate surface area is 163 Å². The fourth-order valence-corrected chi connectivity index (χ4v) is 2.75. The summed E-state index contributed by atoms with van der Waals surface area (Å²) in [6.07, 6.45) is 0.729. The summed E-state index contributed by atoms with van der Waals surface area (Å²) in [5.74, 6) is -0.169. The molecule has 0 radical (unpaired) electrons. The Morgan fingerprint density at radius 2 is 1.54 bits per heavy atom. The number of esters is 1. The Kier molecular flexibility index (Phi) is 6.41. The van der Waals surface area contributed by atoms with Gasteiger partial charge in [0.05, 0.1) is 12.7 Å². The zero-order valence-electron chi connectivity index (χ0n) is 15.6. The molecule has 5 heteroatoms. The van der Waals surface area contributed by atoms with Crippen LogP contribution in [0.2, 0.25) is 0 Å². The molecule has 3 rings (SSSR count). The summed E-state index contributed by atoms with van der Waals surface area (Å²) in [7, 11) is 1.33. The van der Waals surface area contributed by atoms with Crippen molar-refractivity contribution >= 4 is 17.6 Å². The van der Waals surface area contributed by atoms with Crippen LogP contribution in [0.3, 0.4) is 0 Å². The number of amides is 1. The summed E-state index contributed by atoms with van der Waals surface area (Å²) >= 11 is 0. The van der Waals surface area contributed by atoms with Crippen molar-refractivity contribution in [3.63, 3.8) is 0 Å². The van der Waals surface area contributed by atoms with Crippen LogP contribution in [0, 0.1) is 0 Å². The van der Waals surface area contributed by atoms with Crippen molar-refractivity contribution in [2.45, 2.75) is 6.42 Å². The summed E-state index contributed by atoms with van der Waals surface area (Å²) < 4.78 is 10.2. The van der Waals surface area contributed by atoms with Crippen molar-refractivity contribution in [1.29, 1.82) is 0 Å². The number of rotatable bonds is 7. The van der Waals surface area contributed by atoms with Gasteiger partial charge < -0.3 is 14.8 Å². The average Bonchev–Trinajstić information content (AvgIpc) is 2.74. The molecule has 1 N–H and O–H groups in total. The number of hydrogen-bond acceptors (Lipinski definition) is 4. The maximum Gasteiger partial charge on any atom is 0.337 e. The molecule has 1 amide bonds. The maximum absolute atomic E-state index is 12.3. The van der Waals surface area contributed by atoms with E-state index in [0.717, 1.165) is 17.7 Å². The van der Waals surface area contributed by atoms with Crippen LogP contribution in [-0.2, 0) is 16.0 Å². The summed E-state index contributed by atoms with van der Waals surface area (Å²) in [6, 6.07) is 24.2. The van der Waals surface area contributed by atoms with Gasteiger partial charge in [0, 0.05) is 5.69 Å². The number of nitrogens with one attached hydrogen (secondary N) is 1. The number of hydrogen-bond donors (Lipinski definition) is 1. The number of carbonyl (C=O) groups is 2. The van der Waals surface area contributed by atoms with Gasteiger partial charge in [-0.3, -0.25) is 4.79 Å². The lowest BCUT2D eigenvalue weighted by atomic mass is 10.0. The van der Waals surface area contributed by atoms with Gasteiger partial charge in [0.15, 0.2) is 6.61 Å². The van der Waals surface area contributed by atoms with E-state index >= 15 is 0 Å². The van der Waals surface area contributed by atoms with Crippen molar-refractivity contribution < 1.29 is 19.1 Å². The second kappa shape index (κ2) is 9.37. The molecule has 3 aromatic carbocycles. The lowest BCUT2D eigenvalue weighted by Crippen LogP contribution is -2.21. The van der Waals surface area contributed by atoms with Crippen molar-refractivity contribution in [2.75, 3.05) is 19.0 Å². The van der Waals surface area contributed by atoms with E-state index in [9.17, 15) is 9.59 Å². The first-order chi connectivity index (χ1) is 13.7. The zero-order chi connectivity index (χ0) is 19.8. The highest BCUT2D eigenvalue weighted by Gasteiger charge is 2.09. The van der Waals surface area contributed by atoms with Crippen molar-refractivity contribution in [3.8, 4) is 5.75 Å². The molecule has 3 aromatic rings. The van der Waals surface area contributed by atoms with Crippen LogP contribution in [-0.4, -0.2) is 25.6 Å². The third-order valence-corrected chi connectivity index (χ3v) is 4.17. The highest BCUT2D eigenvalue weighted by Crippen LogP contribution is 2.19. The first-order valence-corrected chi connectivity index (χ1v) is 8.88. The second-order valence-corrected chi connectivity index (χ2v) is 6.17. The molecule has 28 heavy (non-hydrogen) atoms. The summed E-state index contributed by atoms with van der Waals surface area (Å²) in [6.45, 7) is -0.128. The van der Waals surface area contributed by atoms with Gasteiger partial charge in [-0.2, -0.15) is 0 Å². The fraction of sp³-hybridized carbons (Fsp3) is 0.130. The third kappa shape index (κ3) is 5.20. The first kappa shape index (κ1) is 19.2. The molecule has 0 saturated heterocycles. The molecule has 0 heterocycles. The van der Waals surface area contributed by atoms with Crippen molar-refractivity contribution in [3.05, 3.63) is 95.6 Å². The SMILES string of the molecule is COC(=O)c1ccc(OCC(=O)Nc2ccccc2Cc2ccccc2)cc1. The first-order valence-electron chi connectivity index (χ1n) is 8.88. The Balaban J connectivity index is 1.58. The summed E-state index contributed by atoms with van der Waals surface area (Å²) in [4.78, 5) is 23.7. The Hall–Kier alpha value is -3.60. The molecular formula is C23H21NO4.